The fourth-order valence-electron chi connectivity index (χ4n) is 0.484. The van der Waals surface area contributed by atoms with Gasteiger partial charge in [0.2, 0.25) is 5.95 Å². The topological polar surface area (TPSA) is 38.9 Å². The molecule has 0 bridgehead atoms. The van der Waals surface area contributed by atoms with Crippen molar-refractivity contribution in [1.82, 2.24) is 4.98 Å². The summed E-state index contributed by atoms with van der Waals surface area (Å²) in [6.45, 7) is 0. The minimum atomic E-state index is -0.727. The molecule has 0 saturated heterocycles. The van der Waals surface area contributed by atoms with E-state index in [4.69, 9.17) is 5.14 Å². The summed E-state index contributed by atoms with van der Waals surface area (Å²) in [4.78, 5) is 3.19. The van der Waals surface area contributed by atoms with Gasteiger partial charge in [-0.15, -0.1) is 0 Å². The summed E-state index contributed by atoms with van der Waals surface area (Å²) in [5, 5.41) is 4.84. The van der Waals surface area contributed by atoms with Gasteiger partial charge in [-0.25, -0.2) is 9.37 Å². The van der Waals surface area contributed by atoms with E-state index < -0.39 is 11.8 Å². The van der Waals surface area contributed by atoms with Crippen LogP contribution < -0.4 is 5.14 Å². The molecule has 0 radical (unpaired) electrons. The summed E-state index contributed by atoms with van der Waals surface area (Å²) in [7, 11) is 0. The van der Waals surface area contributed by atoms with Crippen LogP contribution in [-0.2, 0) is 0 Å². The van der Waals surface area contributed by atoms with E-state index in [0.29, 0.717) is 11.9 Å². The third-order valence-electron chi connectivity index (χ3n) is 0.891. The molecule has 1 rings (SSSR count). The number of rotatable bonds is 1. The molecule has 0 fully saturated rings. The summed E-state index contributed by atoms with van der Waals surface area (Å²) in [5.41, 5.74) is 0. The van der Waals surface area contributed by atoms with Crippen molar-refractivity contribution in [1.29, 1.82) is 0 Å². The van der Waals surface area contributed by atoms with Crippen LogP contribution in [0.2, 0.25) is 0 Å². The van der Waals surface area contributed by atoms with Gasteiger partial charge in [-0.2, -0.15) is 4.39 Å². The molecular weight excluding hydrogens is 158 g/mol. The molecule has 0 aliphatic heterocycles. The Balaban J connectivity index is 3.09. The highest BCUT2D eigenvalue weighted by Crippen LogP contribution is 2.12. The second-order valence-electron chi connectivity index (χ2n) is 1.54. The second kappa shape index (κ2) is 2.94. The number of aromatic nitrogens is 1. The van der Waals surface area contributed by atoms with Gasteiger partial charge < -0.3 is 0 Å². The van der Waals surface area contributed by atoms with Gasteiger partial charge in [0.25, 0.3) is 0 Å². The normalized spacial score (nSPS) is 9.90. The molecule has 0 spiro atoms. The Morgan fingerprint density at radius 3 is 2.60 bits per heavy atom. The van der Waals surface area contributed by atoms with E-state index in [1.165, 1.54) is 0 Å². The van der Waals surface area contributed by atoms with Crippen molar-refractivity contribution >= 4 is 11.9 Å². The quantitative estimate of drug-likeness (QED) is 0.500. The maximum Gasteiger partial charge on any atom is 0.214 e. The Morgan fingerprint density at radius 2 is 2.10 bits per heavy atom. The molecule has 0 aromatic carbocycles. The van der Waals surface area contributed by atoms with Gasteiger partial charge in [0.05, 0.1) is 0 Å². The Bertz CT molecular complexity index is 241. The first-order valence-corrected chi connectivity index (χ1v) is 3.31. The summed E-state index contributed by atoms with van der Waals surface area (Å²) in [5.74, 6) is -1.33. The highest BCUT2D eigenvalue weighted by atomic mass is 32.2. The maximum atomic E-state index is 12.4. The highest BCUT2D eigenvalue weighted by molar-refractivity contribution is 7.97. The molecule has 0 atom stereocenters. The molecule has 2 nitrogen and oxygen atoms in total. The molecule has 10 heavy (non-hydrogen) atoms. The van der Waals surface area contributed by atoms with E-state index in [1.54, 1.807) is 0 Å². The summed E-state index contributed by atoms with van der Waals surface area (Å²) in [6, 6.07) is 1.92. The number of nitrogens with two attached hydrogens (primary N) is 1. The monoisotopic (exact) mass is 162 g/mol. The lowest BCUT2D eigenvalue weighted by Crippen LogP contribution is -1.92. The van der Waals surface area contributed by atoms with Gasteiger partial charge in [0.1, 0.15) is 5.03 Å². The summed E-state index contributed by atoms with van der Waals surface area (Å²) in [6.07, 6.45) is 0. The van der Waals surface area contributed by atoms with Gasteiger partial charge in [-0.1, -0.05) is 0 Å². The first kappa shape index (κ1) is 7.43. The second-order valence-corrected chi connectivity index (χ2v) is 2.16. The largest absolute Gasteiger partial charge is 0.272 e. The van der Waals surface area contributed by atoms with Crippen molar-refractivity contribution in [2.24, 2.45) is 5.14 Å². The number of nitrogens with zero attached hydrogens (tertiary/aromatic N) is 1. The highest BCUT2D eigenvalue weighted by Gasteiger charge is 2.02. The lowest BCUT2D eigenvalue weighted by atomic mass is 10.5. The van der Waals surface area contributed by atoms with Crippen LogP contribution in [0.3, 0.4) is 0 Å². The van der Waals surface area contributed by atoms with E-state index in [9.17, 15) is 8.78 Å². The third-order valence-corrected chi connectivity index (χ3v) is 1.40. The Morgan fingerprint density at radius 1 is 1.40 bits per heavy atom. The fraction of sp³-hybridized carbons (Fsp3) is 0. The predicted molar refractivity (Wildman–Crippen MR) is 34.2 cm³/mol. The number of halogens is 2. The smallest absolute Gasteiger partial charge is 0.214 e. The average Bonchev–Trinajstić information content (AvgIpc) is 1.94. The molecule has 0 amide bonds. The molecule has 2 N–H and O–H groups in total. The van der Waals surface area contributed by atoms with Crippen LogP contribution >= 0.6 is 11.9 Å². The van der Waals surface area contributed by atoms with Crippen molar-refractivity contribution in [2.75, 3.05) is 0 Å². The van der Waals surface area contributed by atoms with Crippen molar-refractivity contribution in [3.8, 4) is 0 Å². The van der Waals surface area contributed by atoms with E-state index in [-0.39, 0.29) is 5.03 Å². The van der Waals surface area contributed by atoms with Gasteiger partial charge in [-0.05, 0) is 24.1 Å². The van der Waals surface area contributed by atoms with Gasteiger partial charge >= 0.3 is 0 Å². The van der Waals surface area contributed by atoms with Crippen LogP contribution in [0, 0.1) is 11.8 Å². The summed E-state index contributed by atoms with van der Waals surface area (Å²) >= 11 is 0.583. The zero-order valence-corrected chi connectivity index (χ0v) is 5.66. The zero-order valence-electron chi connectivity index (χ0n) is 4.84. The van der Waals surface area contributed by atoms with Crippen LogP contribution in [0.4, 0.5) is 8.78 Å². The molecule has 1 aromatic rings. The Kier molecular flexibility index (Phi) is 2.18. The first-order valence-electron chi connectivity index (χ1n) is 2.43. The van der Waals surface area contributed by atoms with Crippen LogP contribution in [0.1, 0.15) is 0 Å². The molecule has 0 aliphatic carbocycles. The molecule has 0 unspecified atom stereocenters. The molecule has 54 valence electrons. The molecule has 5 heteroatoms. The number of pyridine rings is 1. The fourth-order valence-corrected chi connectivity index (χ4v) is 0.804. The molecule has 0 saturated carbocycles. The molecule has 0 aliphatic rings. The lowest BCUT2D eigenvalue weighted by molar-refractivity contribution is 0.530. The van der Waals surface area contributed by atoms with E-state index in [0.717, 1.165) is 12.1 Å². The third kappa shape index (κ3) is 1.43. The van der Waals surface area contributed by atoms with Gasteiger partial charge in [0, 0.05) is 0 Å². The molecular formula is C5H4F2N2S. The standard InChI is InChI=1S/C5H4F2N2S/c6-3-1-2-4(7)9-5(3)10-8/h1-2H,8H2. The number of hydrogen-bond acceptors (Lipinski definition) is 3. The van der Waals surface area contributed by atoms with E-state index >= 15 is 0 Å². The number of hydrogen-bond donors (Lipinski definition) is 1. The first-order chi connectivity index (χ1) is 4.74. The molecule has 1 heterocycles. The average molecular weight is 162 g/mol. The zero-order chi connectivity index (χ0) is 7.56. The van der Waals surface area contributed by atoms with Crippen molar-refractivity contribution in [2.45, 2.75) is 5.03 Å². The van der Waals surface area contributed by atoms with Crippen molar-refractivity contribution < 1.29 is 8.78 Å². The van der Waals surface area contributed by atoms with Gasteiger partial charge in [-0.3, -0.25) is 5.14 Å². The Hall–Kier alpha value is -0.680. The van der Waals surface area contributed by atoms with Crippen molar-refractivity contribution in [3.63, 3.8) is 0 Å². The maximum absolute atomic E-state index is 12.4. The van der Waals surface area contributed by atoms with Crippen molar-refractivity contribution in [3.05, 3.63) is 23.9 Å². The van der Waals surface area contributed by atoms with Crippen LogP contribution in [0.15, 0.2) is 17.2 Å². The minimum absolute atomic E-state index is 0.125. The molecule has 1 aromatic heterocycles. The minimum Gasteiger partial charge on any atom is -0.272 e. The SMILES string of the molecule is NSc1nc(F)ccc1F. The predicted octanol–water partition coefficient (Wildman–Crippen LogP) is 1.33. The van der Waals surface area contributed by atoms with Crippen LogP contribution in [0.5, 0.6) is 0 Å². The van der Waals surface area contributed by atoms with E-state index in [2.05, 4.69) is 4.98 Å². The Labute approximate surface area is 60.6 Å². The van der Waals surface area contributed by atoms with Crippen LogP contribution in [-0.4, -0.2) is 4.98 Å². The van der Waals surface area contributed by atoms with Crippen LogP contribution in [0.25, 0.3) is 0 Å². The van der Waals surface area contributed by atoms with E-state index in [1.807, 2.05) is 0 Å². The lowest BCUT2D eigenvalue weighted by Gasteiger charge is -1.94. The van der Waals surface area contributed by atoms with Gasteiger partial charge in [0.15, 0.2) is 5.82 Å². The summed E-state index contributed by atoms with van der Waals surface area (Å²) < 4.78 is 24.6.